The summed E-state index contributed by atoms with van der Waals surface area (Å²) in [7, 11) is 1.24. The molecular formula is C18H14ClN3O4. The summed E-state index contributed by atoms with van der Waals surface area (Å²) in [5.41, 5.74) is 1.20. The number of anilines is 2. The predicted molar refractivity (Wildman–Crippen MR) is 95.8 cm³/mol. The number of amides is 2. The molecule has 0 unspecified atom stereocenters. The first-order chi connectivity index (χ1) is 12.4. The van der Waals surface area contributed by atoms with Crippen LogP contribution >= 0.6 is 11.6 Å². The van der Waals surface area contributed by atoms with E-state index in [9.17, 15) is 14.4 Å². The Labute approximate surface area is 154 Å². The minimum Gasteiger partial charge on any atom is -0.465 e. The summed E-state index contributed by atoms with van der Waals surface area (Å²) in [5, 5.41) is 14.1. The molecule has 0 aromatic heterocycles. The van der Waals surface area contributed by atoms with Crippen LogP contribution in [0.5, 0.6) is 0 Å². The smallest absolute Gasteiger partial charge is 0.337 e. The molecule has 2 N–H and O–H groups in total. The molecule has 26 heavy (non-hydrogen) atoms. The lowest BCUT2D eigenvalue weighted by Crippen LogP contribution is -2.21. The fourth-order valence-corrected chi connectivity index (χ4v) is 2.24. The van der Waals surface area contributed by atoms with Crippen molar-refractivity contribution < 1.29 is 19.1 Å². The monoisotopic (exact) mass is 371 g/mol. The summed E-state index contributed by atoms with van der Waals surface area (Å²) in [6.45, 7) is 0. The quantitative estimate of drug-likeness (QED) is 0.620. The molecule has 0 radical (unpaired) electrons. The van der Waals surface area contributed by atoms with E-state index in [1.165, 1.54) is 31.4 Å². The number of hydrogen-bond donors (Lipinski definition) is 2. The van der Waals surface area contributed by atoms with Gasteiger partial charge in [0.2, 0.25) is 11.8 Å². The number of carbonyl (C=O) groups excluding carboxylic acids is 3. The first kappa shape index (κ1) is 19.0. The third kappa shape index (κ3) is 5.06. The molecule has 2 amide bonds. The zero-order valence-corrected chi connectivity index (χ0v) is 14.5. The number of benzene rings is 2. The number of nitrogens with zero attached hydrogens (tertiary/aromatic N) is 1. The van der Waals surface area contributed by atoms with E-state index in [0.717, 1.165) is 0 Å². The van der Waals surface area contributed by atoms with Crippen molar-refractivity contribution in [3.63, 3.8) is 0 Å². The first-order valence-electron chi connectivity index (χ1n) is 7.40. The van der Waals surface area contributed by atoms with Gasteiger partial charge in [-0.2, -0.15) is 5.26 Å². The van der Waals surface area contributed by atoms with Gasteiger partial charge in [0, 0.05) is 5.69 Å². The molecule has 0 heterocycles. The van der Waals surface area contributed by atoms with E-state index >= 15 is 0 Å². The van der Waals surface area contributed by atoms with Crippen LogP contribution in [-0.2, 0) is 14.3 Å². The molecule has 0 fully saturated rings. The number of nitriles is 1. The second kappa shape index (κ2) is 8.65. The standard InChI is InChI=1S/C18H14ClN3O4/c1-26-18(25)12-5-6-14(19)15(8-12)22-17(24)9-16(23)21-13-4-2-3-11(7-13)10-20/h2-8H,9H2,1H3,(H,21,23)(H,22,24). The molecule has 2 rings (SSSR count). The number of carbonyl (C=O) groups is 3. The van der Waals surface area contributed by atoms with Crippen molar-refractivity contribution in [1.29, 1.82) is 5.26 Å². The minimum absolute atomic E-state index is 0.193. The number of esters is 1. The molecule has 0 saturated heterocycles. The Morgan fingerprint density at radius 3 is 2.54 bits per heavy atom. The van der Waals surface area contributed by atoms with Crippen LogP contribution in [0.2, 0.25) is 5.02 Å². The maximum atomic E-state index is 12.0. The molecule has 0 spiro atoms. The predicted octanol–water partition coefficient (Wildman–Crippen LogP) is 2.97. The SMILES string of the molecule is COC(=O)c1ccc(Cl)c(NC(=O)CC(=O)Nc2cccc(C#N)c2)c1. The van der Waals surface area contributed by atoms with Gasteiger partial charge in [0.25, 0.3) is 0 Å². The molecule has 0 aliphatic rings. The van der Waals surface area contributed by atoms with Crippen LogP contribution in [0.4, 0.5) is 11.4 Å². The number of ether oxygens (including phenoxy) is 1. The van der Waals surface area contributed by atoms with Crippen molar-refractivity contribution in [3.05, 3.63) is 58.6 Å². The van der Waals surface area contributed by atoms with Crippen molar-refractivity contribution in [2.45, 2.75) is 6.42 Å². The molecule has 8 heteroatoms. The third-order valence-corrected chi connectivity index (χ3v) is 3.59. The minimum atomic E-state index is -0.608. The molecule has 0 atom stereocenters. The van der Waals surface area contributed by atoms with Gasteiger partial charge in [0.05, 0.1) is 35.0 Å². The molecule has 132 valence electrons. The second-order valence-electron chi connectivity index (χ2n) is 5.15. The largest absolute Gasteiger partial charge is 0.465 e. The number of hydrogen-bond acceptors (Lipinski definition) is 5. The maximum absolute atomic E-state index is 12.0. The van der Waals surface area contributed by atoms with E-state index in [4.69, 9.17) is 16.9 Å². The average molecular weight is 372 g/mol. The van der Waals surface area contributed by atoms with Crippen molar-refractivity contribution >= 4 is 40.8 Å². The first-order valence-corrected chi connectivity index (χ1v) is 7.78. The highest BCUT2D eigenvalue weighted by molar-refractivity contribution is 6.34. The Morgan fingerprint density at radius 2 is 1.85 bits per heavy atom. The zero-order chi connectivity index (χ0) is 19.1. The van der Waals surface area contributed by atoms with Gasteiger partial charge in [-0.25, -0.2) is 4.79 Å². The number of methoxy groups -OCH3 is 1. The Balaban J connectivity index is 2.01. The van der Waals surface area contributed by atoms with Gasteiger partial charge in [-0.15, -0.1) is 0 Å². The highest BCUT2D eigenvalue weighted by Gasteiger charge is 2.14. The van der Waals surface area contributed by atoms with Gasteiger partial charge in [-0.1, -0.05) is 17.7 Å². The van der Waals surface area contributed by atoms with Gasteiger partial charge >= 0.3 is 5.97 Å². The fraction of sp³-hybridized carbons (Fsp3) is 0.111. The van der Waals surface area contributed by atoms with Crippen LogP contribution in [0.1, 0.15) is 22.3 Å². The average Bonchev–Trinajstić information content (AvgIpc) is 2.62. The lowest BCUT2D eigenvalue weighted by atomic mass is 10.2. The number of halogens is 1. The highest BCUT2D eigenvalue weighted by Crippen LogP contribution is 2.23. The molecule has 0 saturated carbocycles. The van der Waals surface area contributed by atoms with Gasteiger partial charge < -0.3 is 15.4 Å². The Morgan fingerprint density at radius 1 is 1.12 bits per heavy atom. The lowest BCUT2D eigenvalue weighted by Gasteiger charge is -2.09. The molecule has 2 aromatic carbocycles. The van der Waals surface area contributed by atoms with Crippen LogP contribution in [0, 0.1) is 11.3 Å². The maximum Gasteiger partial charge on any atom is 0.337 e. The summed E-state index contributed by atoms with van der Waals surface area (Å²) < 4.78 is 4.60. The second-order valence-corrected chi connectivity index (χ2v) is 5.56. The van der Waals surface area contributed by atoms with Gasteiger partial charge in [-0.05, 0) is 36.4 Å². The van der Waals surface area contributed by atoms with Crippen LogP contribution in [-0.4, -0.2) is 24.9 Å². The van der Waals surface area contributed by atoms with Gasteiger partial charge in [-0.3, -0.25) is 9.59 Å². The molecule has 0 bridgehead atoms. The molecule has 2 aromatic rings. The fourth-order valence-electron chi connectivity index (χ4n) is 2.08. The third-order valence-electron chi connectivity index (χ3n) is 3.26. The van der Waals surface area contributed by atoms with E-state index in [2.05, 4.69) is 15.4 Å². The highest BCUT2D eigenvalue weighted by atomic mass is 35.5. The summed E-state index contributed by atoms with van der Waals surface area (Å²) in [6.07, 6.45) is -0.463. The summed E-state index contributed by atoms with van der Waals surface area (Å²) in [4.78, 5) is 35.5. The van der Waals surface area contributed by atoms with Crippen molar-refractivity contribution in [2.24, 2.45) is 0 Å². The number of nitrogens with one attached hydrogen (secondary N) is 2. The molecular weight excluding hydrogens is 358 g/mol. The topological polar surface area (TPSA) is 108 Å². The van der Waals surface area contributed by atoms with Crippen LogP contribution in [0.3, 0.4) is 0 Å². The summed E-state index contributed by atoms with van der Waals surface area (Å²) in [6, 6.07) is 12.5. The Hall–Kier alpha value is -3.37. The summed E-state index contributed by atoms with van der Waals surface area (Å²) >= 11 is 5.99. The Bertz CT molecular complexity index is 906. The van der Waals surface area contributed by atoms with Crippen molar-refractivity contribution in [1.82, 2.24) is 0 Å². The van der Waals surface area contributed by atoms with Crippen molar-refractivity contribution in [2.75, 3.05) is 17.7 Å². The van der Waals surface area contributed by atoms with E-state index in [0.29, 0.717) is 11.3 Å². The molecule has 0 aliphatic carbocycles. The van der Waals surface area contributed by atoms with E-state index in [1.807, 2.05) is 6.07 Å². The lowest BCUT2D eigenvalue weighted by molar-refractivity contribution is -0.123. The van der Waals surface area contributed by atoms with E-state index < -0.39 is 24.2 Å². The normalized spacial score (nSPS) is 9.73. The molecule has 0 aliphatic heterocycles. The zero-order valence-electron chi connectivity index (χ0n) is 13.7. The van der Waals surface area contributed by atoms with Crippen molar-refractivity contribution in [3.8, 4) is 6.07 Å². The molecule has 7 nitrogen and oxygen atoms in total. The Kier molecular flexibility index (Phi) is 6.31. The van der Waals surface area contributed by atoms with Crippen LogP contribution in [0.25, 0.3) is 0 Å². The van der Waals surface area contributed by atoms with Gasteiger partial charge in [0.15, 0.2) is 0 Å². The van der Waals surface area contributed by atoms with Crippen LogP contribution in [0.15, 0.2) is 42.5 Å². The van der Waals surface area contributed by atoms with E-state index in [-0.39, 0.29) is 16.3 Å². The number of rotatable bonds is 5. The van der Waals surface area contributed by atoms with Gasteiger partial charge in [0.1, 0.15) is 6.42 Å². The summed E-state index contributed by atoms with van der Waals surface area (Å²) in [5.74, 6) is -1.74. The van der Waals surface area contributed by atoms with Crippen LogP contribution < -0.4 is 10.6 Å². The van der Waals surface area contributed by atoms with E-state index in [1.54, 1.807) is 18.2 Å².